The molecule has 0 aliphatic rings. The van der Waals surface area contributed by atoms with Crippen LogP contribution in [-0.4, -0.2) is 35.0 Å². The van der Waals surface area contributed by atoms with E-state index in [-0.39, 0.29) is 41.4 Å². The highest BCUT2D eigenvalue weighted by Gasteiger charge is 2.31. The molecule has 1 aromatic heterocycles. The molecule has 0 unspecified atom stereocenters. The molecule has 6 nitrogen and oxygen atoms in total. The van der Waals surface area contributed by atoms with E-state index in [1.807, 2.05) is 0 Å². The summed E-state index contributed by atoms with van der Waals surface area (Å²) in [6.07, 6.45) is -3.31. The van der Waals surface area contributed by atoms with Crippen molar-refractivity contribution in [1.82, 2.24) is 4.98 Å². The van der Waals surface area contributed by atoms with Gasteiger partial charge in [-0.05, 0) is 61.7 Å². The van der Waals surface area contributed by atoms with Crippen molar-refractivity contribution in [3.05, 3.63) is 70.3 Å². The van der Waals surface area contributed by atoms with Gasteiger partial charge in [0, 0.05) is 11.9 Å². The first-order valence-electron chi connectivity index (χ1n) is 9.20. The highest BCUT2D eigenvalue weighted by molar-refractivity contribution is 6.18. The molecule has 166 valence electrons. The number of halogens is 4. The van der Waals surface area contributed by atoms with Crippen molar-refractivity contribution in [2.45, 2.75) is 26.4 Å². The SMILES string of the molecule is CCOC(=O)/C(C(C)=N)=C(\CO)Nc1cc(Cc2cc(F)cc(C(F)(F)F)c2)ccn1. The van der Waals surface area contributed by atoms with Gasteiger partial charge in [0.1, 0.15) is 17.2 Å². The Morgan fingerprint density at radius 3 is 2.52 bits per heavy atom. The first-order valence-corrected chi connectivity index (χ1v) is 9.20. The van der Waals surface area contributed by atoms with Crippen molar-refractivity contribution in [3.8, 4) is 0 Å². The smallest absolute Gasteiger partial charge is 0.416 e. The third-order valence-electron chi connectivity index (χ3n) is 4.11. The zero-order valence-corrected chi connectivity index (χ0v) is 16.8. The first-order chi connectivity index (χ1) is 14.5. The van der Waals surface area contributed by atoms with Crippen molar-refractivity contribution in [3.63, 3.8) is 0 Å². The van der Waals surface area contributed by atoms with Gasteiger partial charge in [-0.3, -0.25) is 0 Å². The second-order valence-corrected chi connectivity index (χ2v) is 6.55. The lowest BCUT2D eigenvalue weighted by molar-refractivity contribution is -0.138. The van der Waals surface area contributed by atoms with Gasteiger partial charge >= 0.3 is 12.1 Å². The predicted molar refractivity (Wildman–Crippen MR) is 106 cm³/mol. The Morgan fingerprint density at radius 1 is 1.23 bits per heavy atom. The van der Waals surface area contributed by atoms with Gasteiger partial charge in [0.25, 0.3) is 0 Å². The summed E-state index contributed by atoms with van der Waals surface area (Å²) in [6.45, 7) is 2.42. The van der Waals surface area contributed by atoms with E-state index in [4.69, 9.17) is 10.1 Å². The van der Waals surface area contributed by atoms with Crippen molar-refractivity contribution < 1.29 is 32.2 Å². The molecule has 1 heterocycles. The molecule has 2 rings (SSSR count). The minimum Gasteiger partial charge on any atom is -0.462 e. The molecular formula is C21H21F4N3O3. The van der Waals surface area contributed by atoms with Gasteiger partial charge in [0.15, 0.2) is 0 Å². The van der Waals surface area contributed by atoms with E-state index in [1.165, 1.54) is 19.2 Å². The van der Waals surface area contributed by atoms with Crippen LogP contribution in [0.1, 0.15) is 30.5 Å². The van der Waals surface area contributed by atoms with Crippen LogP contribution in [-0.2, 0) is 22.1 Å². The normalized spacial score (nSPS) is 12.2. The molecule has 10 heteroatoms. The average molecular weight is 439 g/mol. The summed E-state index contributed by atoms with van der Waals surface area (Å²) in [5.74, 6) is -1.61. The number of esters is 1. The highest BCUT2D eigenvalue weighted by atomic mass is 19.4. The molecule has 0 atom stereocenters. The number of hydrogen-bond acceptors (Lipinski definition) is 6. The molecule has 0 radical (unpaired) electrons. The maximum Gasteiger partial charge on any atom is 0.416 e. The van der Waals surface area contributed by atoms with Crippen LogP contribution in [0.5, 0.6) is 0 Å². The van der Waals surface area contributed by atoms with Crippen LogP contribution in [0.4, 0.5) is 23.4 Å². The largest absolute Gasteiger partial charge is 0.462 e. The summed E-state index contributed by atoms with van der Waals surface area (Å²) in [5.41, 5.74) is -0.758. The average Bonchev–Trinajstić information content (AvgIpc) is 2.66. The second-order valence-electron chi connectivity index (χ2n) is 6.55. The summed E-state index contributed by atoms with van der Waals surface area (Å²) in [5, 5.41) is 20.2. The number of pyridine rings is 1. The van der Waals surface area contributed by atoms with Crippen molar-refractivity contribution in [2.75, 3.05) is 18.5 Å². The Balaban J connectivity index is 2.33. The Kier molecular flexibility index (Phi) is 7.87. The number of nitrogens with zero attached hydrogens (tertiary/aromatic N) is 1. The molecule has 0 bridgehead atoms. The third kappa shape index (κ3) is 6.61. The quantitative estimate of drug-likeness (QED) is 0.249. The number of carbonyl (C=O) groups excluding carboxylic acids is 1. The summed E-state index contributed by atoms with van der Waals surface area (Å²) >= 11 is 0. The standard InChI is InChI=1S/C21H21F4N3O3/c1-3-31-20(30)19(12(2)26)17(11-29)28-18-9-13(4-5-27-18)6-14-7-15(21(23,24)25)10-16(22)8-14/h4-5,7-10,26,29H,3,6,11H2,1-2H3,(H,27,28)/b19-17+,26-12?. The lowest BCUT2D eigenvalue weighted by atomic mass is 10.0. The number of ether oxygens (including phenoxy) is 1. The van der Waals surface area contributed by atoms with Crippen LogP contribution in [0, 0.1) is 11.2 Å². The van der Waals surface area contributed by atoms with Gasteiger partial charge in [-0.15, -0.1) is 0 Å². The van der Waals surface area contributed by atoms with Crippen LogP contribution in [0.2, 0.25) is 0 Å². The van der Waals surface area contributed by atoms with Crippen LogP contribution in [0.25, 0.3) is 0 Å². The molecule has 0 aliphatic carbocycles. The predicted octanol–water partition coefficient (Wildman–Crippen LogP) is 4.09. The fourth-order valence-electron chi connectivity index (χ4n) is 2.85. The molecule has 0 saturated carbocycles. The van der Waals surface area contributed by atoms with Crippen LogP contribution in [0.3, 0.4) is 0 Å². The second kappa shape index (κ2) is 10.2. The summed E-state index contributed by atoms with van der Waals surface area (Å²) in [4.78, 5) is 16.2. The summed E-state index contributed by atoms with van der Waals surface area (Å²) < 4.78 is 57.3. The van der Waals surface area contributed by atoms with Gasteiger partial charge in [0.2, 0.25) is 0 Å². The number of anilines is 1. The minimum absolute atomic E-state index is 0.00938. The Hall–Kier alpha value is -3.27. The first kappa shape index (κ1) is 24.0. The molecule has 1 aromatic carbocycles. The number of aromatic nitrogens is 1. The zero-order valence-electron chi connectivity index (χ0n) is 16.8. The number of aliphatic hydroxyl groups excluding tert-OH is 1. The maximum absolute atomic E-state index is 13.6. The number of hydrogen-bond donors (Lipinski definition) is 3. The lowest BCUT2D eigenvalue weighted by Crippen LogP contribution is -2.21. The van der Waals surface area contributed by atoms with E-state index in [2.05, 4.69) is 10.3 Å². The Labute approximate surface area is 176 Å². The molecule has 3 N–H and O–H groups in total. The van der Waals surface area contributed by atoms with E-state index in [9.17, 15) is 27.5 Å². The fraction of sp³-hybridized carbons (Fsp3) is 0.286. The highest BCUT2D eigenvalue weighted by Crippen LogP contribution is 2.31. The van der Waals surface area contributed by atoms with Crippen molar-refractivity contribution in [1.29, 1.82) is 5.41 Å². The van der Waals surface area contributed by atoms with Crippen molar-refractivity contribution in [2.24, 2.45) is 0 Å². The van der Waals surface area contributed by atoms with Gasteiger partial charge in [-0.25, -0.2) is 14.2 Å². The zero-order chi connectivity index (χ0) is 23.2. The van der Waals surface area contributed by atoms with Crippen LogP contribution < -0.4 is 5.32 Å². The van der Waals surface area contributed by atoms with E-state index in [1.54, 1.807) is 13.0 Å². The monoisotopic (exact) mass is 439 g/mol. The van der Waals surface area contributed by atoms with E-state index in [0.717, 1.165) is 12.1 Å². The van der Waals surface area contributed by atoms with Crippen molar-refractivity contribution >= 4 is 17.5 Å². The van der Waals surface area contributed by atoms with Gasteiger partial charge in [0.05, 0.1) is 24.5 Å². The summed E-state index contributed by atoms with van der Waals surface area (Å²) in [6, 6.07) is 5.33. The molecule has 0 spiro atoms. The number of carbonyl (C=O) groups is 1. The molecule has 0 amide bonds. The lowest BCUT2D eigenvalue weighted by Gasteiger charge is -2.14. The third-order valence-corrected chi connectivity index (χ3v) is 4.11. The number of benzene rings is 1. The fourth-order valence-corrected chi connectivity index (χ4v) is 2.85. The minimum atomic E-state index is -4.67. The number of nitrogens with one attached hydrogen (secondary N) is 2. The number of alkyl halides is 3. The van der Waals surface area contributed by atoms with Gasteiger partial charge in [-0.2, -0.15) is 13.2 Å². The number of rotatable bonds is 8. The van der Waals surface area contributed by atoms with Crippen LogP contribution in [0.15, 0.2) is 47.8 Å². The molecule has 0 aliphatic heterocycles. The van der Waals surface area contributed by atoms with E-state index < -0.39 is 30.1 Å². The van der Waals surface area contributed by atoms with E-state index in [0.29, 0.717) is 11.6 Å². The Bertz CT molecular complexity index is 1000. The molecule has 2 aromatic rings. The molecular weight excluding hydrogens is 418 g/mol. The number of aliphatic hydroxyl groups is 1. The molecule has 0 saturated heterocycles. The molecule has 31 heavy (non-hydrogen) atoms. The van der Waals surface area contributed by atoms with Crippen LogP contribution >= 0.6 is 0 Å². The van der Waals surface area contributed by atoms with Gasteiger partial charge < -0.3 is 20.6 Å². The maximum atomic E-state index is 13.6. The van der Waals surface area contributed by atoms with E-state index >= 15 is 0 Å². The van der Waals surface area contributed by atoms with Gasteiger partial charge in [-0.1, -0.05) is 0 Å². The topological polar surface area (TPSA) is 95.3 Å². The summed E-state index contributed by atoms with van der Waals surface area (Å²) in [7, 11) is 0. The Morgan fingerprint density at radius 2 is 1.94 bits per heavy atom. The molecule has 0 fully saturated rings.